The highest BCUT2D eigenvalue weighted by molar-refractivity contribution is 5.92. The maximum Gasteiger partial charge on any atom is 0.250 e. The van der Waals surface area contributed by atoms with Crippen molar-refractivity contribution in [2.45, 2.75) is 38.7 Å². The van der Waals surface area contributed by atoms with Crippen molar-refractivity contribution in [3.05, 3.63) is 54.1 Å². The van der Waals surface area contributed by atoms with Crippen molar-refractivity contribution in [2.24, 2.45) is 0 Å². The molecule has 2 N–H and O–H groups in total. The molecule has 0 unspecified atom stereocenters. The lowest BCUT2D eigenvalue weighted by atomic mass is 10.1. The normalized spacial score (nSPS) is 15.7. The number of benzene rings is 1. The Hall–Kier alpha value is -3.79. The van der Waals surface area contributed by atoms with E-state index in [1.807, 2.05) is 36.7 Å². The third kappa shape index (κ3) is 5.17. The SMILES string of the molecule is CCc1cnc(N2CCC(Oc3cc(N4CCc5cc(NC(=O)CO)ccc54)ncn3)CC2)nc1. The van der Waals surface area contributed by atoms with E-state index in [4.69, 9.17) is 9.84 Å². The molecule has 4 heterocycles. The molecule has 1 saturated heterocycles. The van der Waals surface area contributed by atoms with E-state index in [0.717, 1.165) is 73.9 Å². The Morgan fingerprint density at radius 2 is 1.91 bits per heavy atom. The van der Waals surface area contributed by atoms with Gasteiger partial charge in [-0.1, -0.05) is 6.92 Å². The third-order valence-corrected chi connectivity index (χ3v) is 6.42. The molecule has 0 atom stereocenters. The molecule has 2 aliphatic heterocycles. The van der Waals surface area contributed by atoms with Gasteiger partial charge in [0.05, 0.1) is 0 Å². The van der Waals surface area contributed by atoms with Gasteiger partial charge in [0.1, 0.15) is 24.9 Å². The van der Waals surface area contributed by atoms with Gasteiger partial charge < -0.3 is 25.0 Å². The molecule has 1 amide bonds. The predicted octanol–water partition coefficient (Wildman–Crippen LogP) is 2.50. The first-order chi connectivity index (χ1) is 17.1. The quantitative estimate of drug-likeness (QED) is 0.531. The van der Waals surface area contributed by atoms with Crippen LogP contribution in [0.15, 0.2) is 43.0 Å². The van der Waals surface area contributed by atoms with Crippen LogP contribution in [-0.4, -0.2) is 63.3 Å². The number of nitrogens with one attached hydrogen (secondary N) is 1. The first-order valence-corrected chi connectivity index (χ1v) is 12.0. The lowest BCUT2D eigenvalue weighted by molar-refractivity contribution is -0.118. The number of rotatable bonds is 7. The summed E-state index contributed by atoms with van der Waals surface area (Å²) in [5.74, 6) is 1.70. The molecule has 2 aromatic heterocycles. The highest BCUT2D eigenvalue weighted by Gasteiger charge is 2.25. The van der Waals surface area contributed by atoms with Gasteiger partial charge in [-0.3, -0.25) is 4.79 Å². The van der Waals surface area contributed by atoms with Crippen LogP contribution in [0.4, 0.5) is 23.1 Å². The smallest absolute Gasteiger partial charge is 0.250 e. The van der Waals surface area contributed by atoms with Gasteiger partial charge in [0, 0.05) is 62.3 Å². The number of aliphatic hydroxyl groups excluding tert-OH is 1. The molecule has 1 fully saturated rings. The predicted molar refractivity (Wildman–Crippen MR) is 132 cm³/mol. The van der Waals surface area contributed by atoms with Gasteiger partial charge >= 0.3 is 0 Å². The van der Waals surface area contributed by atoms with Crippen LogP contribution in [0.2, 0.25) is 0 Å². The first kappa shape index (κ1) is 23.0. The van der Waals surface area contributed by atoms with Crippen molar-refractivity contribution in [3.8, 4) is 5.88 Å². The van der Waals surface area contributed by atoms with Crippen LogP contribution in [0.1, 0.15) is 30.9 Å². The van der Waals surface area contributed by atoms with E-state index < -0.39 is 12.5 Å². The summed E-state index contributed by atoms with van der Waals surface area (Å²) in [7, 11) is 0. The van der Waals surface area contributed by atoms with Crippen molar-refractivity contribution < 1.29 is 14.6 Å². The van der Waals surface area contributed by atoms with E-state index in [2.05, 4.69) is 42.0 Å². The van der Waals surface area contributed by atoms with Crippen LogP contribution in [-0.2, 0) is 17.6 Å². The number of carbonyl (C=O) groups excluding carboxylic acids is 1. The van der Waals surface area contributed by atoms with E-state index in [0.29, 0.717) is 11.6 Å². The zero-order valence-corrected chi connectivity index (χ0v) is 19.7. The van der Waals surface area contributed by atoms with Crippen LogP contribution in [0.5, 0.6) is 5.88 Å². The summed E-state index contributed by atoms with van der Waals surface area (Å²) in [4.78, 5) is 33.6. The highest BCUT2D eigenvalue weighted by atomic mass is 16.5. The van der Waals surface area contributed by atoms with E-state index in [1.165, 1.54) is 6.33 Å². The third-order valence-electron chi connectivity index (χ3n) is 6.42. The molecule has 1 aromatic carbocycles. The van der Waals surface area contributed by atoms with Crippen molar-refractivity contribution in [2.75, 3.05) is 41.4 Å². The maximum absolute atomic E-state index is 11.5. The fourth-order valence-corrected chi connectivity index (χ4v) is 4.50. The number of ether oxygens (including phenoxy) is 1. The summed E-state index contributed by atoms with van der Waals surface area (Å²) >= 11 is 0. The molecule has 0 saturated carbocycles. The van der Waals surface area contributed by atoms with Gasteiger partial charge in [0.15, 0.2) is 0 Å². The molecular weight excluding hydrogens is 446 g/mol. The lowest BCUT2D eigenvalue weighted by Crippen LogP contribution is -2.39. The van der Waals surface area contributed by atoms with Gasteiger partial charge in [-0.15, -0.1) is 0 Å². The monoisotopic (exact) mass is 475 g/mol. The number of anilines is 4. The molecule has 10 nitrogen and oxygen atoms in total. The van der Waals surface area contributed by atoms with E-state index in [-0.39, 0.29) is 6.10 Å². The molecule has 2 aliphatic rings. The molecular formula is C25H29N7O3. The lowest BCUT2D eigenvalue weighted by Gasteiger charge is -2.32. The molecule has 0 bridgehead atoms. The van der Waals surface area contributed by atoms with Crippen molar-refractivity contribution in [1.29, 1.82) is 0 Å². The van der Waals surface area contributed by atoms with Crippen molar-refractivity contribution in [1.82, 2.24) is 19.9 Å². The summed E-state index contributed by atoms with van der Waals surface area (Å²) in [5, 5.41) is 11.6. The maximum atomic E-state index is 11.5. The van der Waals surface area contributed by atoms with Crippen molar-refractivity contribution >= 4 is 29.0 Å². The Bertz CT molecular complexity index is 1180. The Labute approximate surface area is 204 Å². The van der Waals surface area contributed by atoms with Crippen molar-refractivity contribution in [3.63, 3.8) is 0 Å². The number of piperidine rings is 1. The van der Waals surface area contributed by atoms with Gasteiger partial charge in [-0.25, -0.2) is 19.9 Å². The summed E-state index contributed by atoms with van der Waals surface area (Å²) in [5.41, 5.74) is 3.97. The minimum Gasteiger partial charge on any atom is -0.474 e. The molecule has 10 heteroatoms. The first-order valence-electron chi connectivity index (χ1n) is 12.0. The Kier molecular flexibility index (Phi) is 6.71. The zero-order chi connectivity index (χ0) is 24.2. The van der Waals surface area contributed by atoms with Gasteiger partial charge in [-0.2, -0.15) is 0 Å². The topological polar surface area (TPSA) is 117 Å². The Morgan fingerprint density at radius 1 is 1.11 bits per heavy atom. The van der Waals surface area contributed by atoms with Crippen LogP contribution >= 0.6 is 0 Å². The van der Waals surface area contributed by atoms with E-state index >= 15 is 0 Å². The number of aromatic nitrogens is 4. The summed E-state index contributed by atoms with van der Waals surface area (Å²) in [6.45, 7) is 4.01. The number of fused-ring (bicyclic) bond motifs is 1. The molecule has 0 radical (unpaired) electrons. The number of amides is 1. The average Bonchev–Trinajstić information content (AvgIpc) is 3.32. The second-order valence-electron chi connectivity index (χ2n) is 8.71. The molecule has 0 spiro atoms. The number of aliphatic hydroxyl groups is 1. The van der Waals surface area contributed by atoms with Crippen LogP contribution in [0, 0.1) is 0 Å². The standard InChI is InChI=1S/C25H29N7O3/c1-2-17-13-26-25(27-14-17)31-8-6-20(7-9-31)35-24-12-22(28-16-29-24)32-10-5-18-11-19(3-4-21(18)32)30-23(34)15-33/h3-4,11-14,16,20,33H,2,5-10,15H2,1H3,(H,30,34). The second kappa shape index (κ2) is 10.2. The summed E-state index contributed by atoms with van der Waals surface area (Å²) < 4.78 is 6.22. The number of aryl methyl sites for hydroxylation is 1. The second-order valence-corrected chi connectivity index (χ2v) is 8.71. The van der Waals surface area contributed by atoms with Gasteiger partial charge in [0.2, 0.25) is 17.7 Å². The molecule has 0 aliphatic carbocycles. The van der Waals surface area contributed by atoms with Crippen LogP contribution < -0.4 is 19.9 Å². The van der Waals surface area contributed by atoms with E-state index in [1.54, 1.807) is 0 Å². The average molecular weight is 476 g/mol. The van der Waals surface area contributed by atoms with Gasteiger partial charge in [-0.05, 0) is 42.2 Å². The summed E-state index contributed by atoms with van der Waals surface area (Å²) in [6.07, 6.45) is 8.91. The number of nitrogens with zero attached hydrogens (tertiary/aromatic N) is 6. The molecule has 3 aromatic rings. The minimum absolute atomic E-state index is 0.0764. The number of hydrogen-bond acceptors (Lipinski definition) is 9. The molecule has 182 valence electrons. The minimum atomic E-state index is -0.536. The highest BCUT2D eigenvalue weighted by Crippen LogP contribution is 2.36. The Morgan fingerprint density at radius 3 is 2.66 bits per heavy atom. The largest absolute Gasteiger partial charge is 0.474 e. The van der Waals surface area contributed by atoms with Crippen LogP contribution in [0.25, 0.3) is 0 Å². The van der Waals surface area contributed by atoms with E-state index in [9.17, 15) is 4.79 Å². The summed E-state index contributed by atoms with van der Waals surface area (Å²) in [6, 6.07) is 7.61. The fourth-order valence-electron chi connectivity index (χ4n) is 4.50. The fraction of sp³-hybridized carbons (Fsp3) is 0.400. The molecule has 35 heavy (non-hydrogen) atoms. The Balaban J connectivity index is 1.21. The number of carbonyl (C=O) groups is 1. The number of hydrogen-bond donors (Lipinski definition) is 2. The zero-order valence-electron chi connectivity index (χ0n) is 19.7. The molecule has 5 rings (SSSR count). The van der Waals surface area contributed by atoms with Gasteiger partial charge in [0.25, 0.3) is 0 Å². The van der Waals surface area contributed by atoms with Crippen LogP contribution in [0.3, 0.4) is 0 Å².